The lowest BCUT2D eigenvalue weighted by Gasteiger charge is -2.28. The van der Waals surface area contributed by atoms with Crippen molar-refractivity contribution in [3.05, 3.63) is 51.5 Å². The molecule has 0 radical (unpaired) electrons. The van der Waals surface area contributed by atoms with E-state index in [2.05, 4.69) is 19.9 Å². The van der Waals surface area contributed by atoms with Crippen LogP contribution in [-0.2, 0) is 19.4 Å². The Kier molecular flexibility index (Phi) is 4.93. The average Bonchev–Trinajstić information content (AvgIpc) is 2.51. The van der Waals surface area contributed by atoms with Crippen LogP contribution in [0.1, 0.15) is 42.0 Å². The van der Waals surface area contributed by atoms with E-state index in [1.165, 1.54) is 22.3 Å². The molecule has 0 bridgehead atoms. The van der Waals surface area contributed by atoms with Crippen LogP contribution in [0.3, 0.4) is 0 Å². The molecule has 0 atom stereocenters. The summed E-state index contributed by atoms with van der Waals surface area (Å²) in [6.45, 7) is 5.06. The van der Waals surface area contributed by atoms with E-state index in [0.717, 1.165) is 49.2 Å². The number of fused-ring (bicyclic) bond motifs is 1. The normalized spacial score (nSPS) is 12.7. The predicted molar refractivity (Wildman–Crippen MR) is 95.4 cm³/mol. The van der Waals surface area contributed by atoms with Crippen molar-refractivity contribution in [3.63, 3.8) is 0 Å². The van der Waals surface area contributed by atoms with E-state index in [1.54, 1.807) is 0 Å². The molecule has 0 fully saturated rings. The van der Waals surface area contributed by atoms with Gasteiger partial charge in [-0.25, -0.2) is 0 Å². The van der Waals surface area contributed by atoms with Crippen LogP contribution in [0, 0.1) is 6.92 Å². The van der Waals surface area contributed by atoms with Gasteiger partial charge in [0.25, 0.3) is 0 Å². The third kappa shape index (κ3) is 3.11. The van der Waals surface area contributed by atoms with E-state index in [4.69, 9.17) is 16.3 Å². The molecule has 2 aromatic rings. The van der Waals surface area contributed by atoms with Crippen LogP contribution in [0.25, 0.3) is 11.1 Å². The van der Waals surface area contributed by atoms with Gasteiger partial charge < -0.3 is 9.84 Å². The molecule has 1 N–H and O–H groups in total. The summed E-state index contributed by atoms with van der Waals surface area (Å²) in [4.78, 5) is 0. The van der Waals surface area contributed by atoms with E-state index in [9.17, 15) is 5.11 Å². The first-order valence-corrected chi connectivity index (χ1v) is 8.71. The molecule has 0 heterocycles. The topological polar surface area (TPSA) is 29.5 Å². The number of hydrogen-bond donors (Lipinski definition) is 1. The molecular formula is C20H23ClO2. The number of aliphatic hydroxyl groups excluding tert-OH is 1. The monoisotopic (exact) mass is 330 g/mol. The number of unbranched alkanes of at least 4 members (excludes halogenated alkanes) is 1. The molecule has 0 spiro atoms. The summed E-state index contributed by atoms with van der Waals surface area (Å²) in [5.74, 6) is 1.05. The molecule has 0 aromatic heterocycles. The highest BCUT2D eigenvalue weighted by Crippen LogP contribution is 2.42. The third-order valence-corrected chi connectivity index (χ3v) is 4.96. The third-order valence-electron chi connectivity index (χ3n) is 4.59. The molecule has 3 rings (SSSR count). The first-order valence-electron chi connectivity index (χ1n) is 8.33. The Bertz CT molecular complexity index is 722. The van der Waals surface area contributed by atoms with E-state index in [1.807, 2.05) is 18.2 Å². The highest BCUT2D eigenvalue weighted by Gasteiger charge is 2.25. The number of halogens is 1. The van der Waals surface area contributed by atoms with Crippen LogP contribution in [0.2, 0.25) is 5.02 Å². The number of benzene rings is 2. The number of hydrogen-bond acceptors (Lipinski definition) is 2. The van der Waals surface area contributed by atoms with E-state index >= 15 is 0 Å². The molecule has 0 saturated carbocycles. The minimum Gasteiger partial charge on any atom is -0.493 e. The summed E-state index contributed by atoms with van der Waals surface area (Å²) < 4.78 is 5.98. The van der Waals surface area contributed by atoms with Crippen LogP contribution >= 0.6 is 11.6 Å². The van der Waals surface area contributed by atoms with E-state index < -0.39 is 0 Å². The zero-order chi connectivity index (χ0) is 16.4. The highest BCUT2D eigenvalue weighted by molar-refractivity contribution is 6.31. The fourth-order valence-electron chi connectivity index (χ4n) is 3.23. The Balaban J connectivity index is 2.00. The summed E-state index contributed by atoms with van der Waals surface area (Å²) in [7, 11) is 0. The zero-order valence-corrected chi connectivity index (χ0v) is 14.5. The fraction of sp³-hybridized carbons (Fsp3) is 0.400. The van der Waals surface area contributed by atoms with Gasteiger partial charge in [-0.3, -0.25) is 0 Å². The van der Waals surface area contributed by atoms with Crippen molar-refractivity contribution in [1.82, 2.24) is 0 Å². The largest absolute Gasteiger partial charge is 0.493 e. The second kappa shape index (κ2) is 6.94. The van der Waals surface area contributed by atoms with Crippen molar-refractivity contribution in [1.29, 1.82) is 0 Å². The van der Waals surface area contributed by atoms with Gasteiger partial charge in [0.1, 0.15) is 5.75 Å². The SMILES string of the molecule is CCCCOc1cc(C)c(-c2ccc(Cl)c(CO)c2)c2c1CC2. The Morgan fingerprint density at radius 2 is 1.96 bits per heavy atom. The number of ether oxygens (including phenoxy) is 1. The second-order valence-corrected chi connectivity index (χ2v) is 6.60. The van der Waals surface area contributed by atoms with E-state index in [-0.39, 0.29) is 6.61 Å². The van der Waals surface area contributed by atoms with Crippen LogP contribution < -0.4 is 4.74 Å². The van der Waals surface area contributed by atoms with Gasteiger partial charge in [0.15, 0.2) is 0 Å². The smallest absolute Gasteiger partial charge is 0.123 e. The van der Waals surface area contributed by atoms with Crippen molar-refractivity contribution in [3.8, 4) is 16.9 Å². The lowest BCUT2D eigenvalue weighted by Crippen LogP contribution is -2.14. The number of rotatable bonds is 6. The molecule has 3 heteroatoms. The van der Waals surface area contributed by atoms with Crippen molar-refractivity contribution in [2.45, 2.75) is 46.1 Å². The zero-order valence-electron chi connectivity index (χ0n) is 13.8. The van der Waals surface area contributed by atoms with Gasteiger partial charge in [-0.1, -0.05) is 31.0 Å². The van der Waals surface area contributed by atoms with Gasteiger partial charge in [-0.2, -0.15) is 0 Å². The summed E-state index contributed by atoms with van der Waals surface area (Å²) in [5, 5.41) is 10.1. The highest BCUT2D eigenvalue weighted by atomic mass is 35.5. The molecular weight excluding hydrogens is 308 g/mol. The van der Waals surface area contributed by atoms with Crippen LogP contribution in [-0.4, -0.2) is 11.7 Å². The summed E-state index contributed by atoms with van der Waals surface area (Å²) in [6, 6.07) is 8.08. The lowest BCUT2D eigenvalue weighted by atomic mass is 9.79. The molecule has 0 unspecified atom stereocenters. The van der Waals surface area contributed by atoms with Crippen LogP contribution in [0.5, 0.6) is 5.75 Å². The molecule has 1 aliphatic carbocycles. The molecule has 2 nitrogen and oxygen atoms in total. The Hall–Kier alpha value is -1.51. The molecule has 2 aromatic carbocycles. The fourth-order valence-corrected chi connectivity index (χ4v) is 3.40. The summed E-state index contributed by atoms with van der Waals surface area (Å²) in [5.41, 5.74) is 7.15. The maximum atomic E-state index is 9.46. The van der Waals surface area contributed by atoms with Crippen LogP contribution in [0.15, 0.2) is 24.3 Å². The van der Waals surface area contributed by atoms with Crippen LogP contribution in [0.4, 0.5) is 0 Å². The first-order chi connectivity index (χ1) is 11.2. The minimum atomic E-state index is -0.0356. The molecule has 122 valence electrons. The first kappa shape index (κ1) is 16.4. The van der Waals surface area contributed by atoms with Gasteiger partial charge in [0, 0.05) is 5.02 Å². The molecule has 0 amide bonds. The summed E-state index contributed by atoms with van der Waals surface area (Å²) in [6.07, 6.45) is 4.42. The van der Waals surface area contributed by atoms with Crippen molar-refractivity contribution >= 4 is 11.6 Å². The Morgan fingerprint density at radius 3 is 2.61 bits per heavy atom. The standard InChI is InChI=1S/C20H23ClO2/c1-3-4-9-23-19-10-13(2)20(17-7-6-16(17)19)14-5-8-18(21)15(11-14)12-22/h5,8,10-11,22H,3-4,6-7,9,12H2,1-2H3. The molecule has 0 aliphatic heterocycles. The van der Waals surface area contributed by atoms with E-state index in [0.29, 0.717) is 5.02 Å². The molecule has 23 heavy (non-hydrogen) atoms. The number of aliphatic hydroxyl groups is 1. The lowest BCUT2D eigenvalue weighted by molar-refractivity contribution is 0.282. The van der Waals surface area contributed by atoms with Crippen molar-refractivity contribution < 1.29 is 9.84 Å². The second-order valence-electron chi connectivity index (χ2n) is 6.19. The quantitative estimate of drug-likeness (QED) is 0.748. The minimum absolute atomic E-state index is 0.0356. The van der Waals surface area contributed by atoms with Crippen molar-refractivity contribution in [2.24, 2.45) is 0 Å². The number of aryl methyl sites for hydroxylation is 1. The molecule has 0 saturated heterocycles. The average molecular weight is 331 g/mol. The van der Waals surface area contributed by atoms with Crippen molar-refractivity contribution in [2.75, 3.05) is 6.61 Å². The molecule has 1 aliphatic rings. The van der Waals surface area contributed by atoms with Gasteiger partial charge >= 0.3 is 0 Å². The van der Waals surface area contributed by atoms with Gasteiger partial charge in [0.05, 0.1) is 13.2 Å². The van der Waals surface area contributed by atoms with Gasteiger partial charge in [0.2, 0.25) is 0 Å². The maximum absolute atomic E-state index is 9.46. The predicted octanol–water partition coefficient (Wildman–Crippen LogP) is 5.09. The Labute approximate surface area is 143 Å². The Morgan fingerprint density at radius 1 is 1.17 bits per heavy atom. The van der Waals surface area contributed by atoms with Gasteiger partial charge in [-0.05, 0) is 77.8 Å². The summed E-state index contributed by atoms with van der Waals surface area (Å²) >= 11 is 6.12. The van der Waals surface area contributed by atoms with Gasteiger partial charge in [-0.15, -0.1) is 0 Å². The maximum Gasteiger partial charge on any atom is 0.123 e.